The quantitative estimate of drug-likeness (QED) is 0.437. The molecule has 2 aliphatic carbocycles. The Morgan fingerprint density at radius 2 is 1.74 bits per heavy atom. The Hall–Kier alpha value is -2.45. The van der Waals surface area contributed by atoms with Crippen molar-refractivity contribution in [2.24, 2.45) is 0 Å². The van der Waals surface area contributed by atoms with Gasteiger partial charge in [0, 0.05) is 18.3 Å². The molecule has 0 aliphatic heterocycles. The lowest BCUT2D eigenvalue weighted by molar-refractivity contribution is -0.144. The summed E-state index contributed by atoms with van der Waals surface area (Å²) in [6.45, 7) is 1.72. The van der Waals surface area contributed by atoms with E-state index in [0.717, 1.165) is 10.4 Å². The fourth-order valence-electron chi connectivity index (χ4n) is 5.21. The molecule has 1 heterocycles. The van der Waals surface area contributed by atoms with Crippen molar-refractivity contribution in [2.75, 3.05) is 13.7 Å². The zero-order valence-electron chi connectivity index (χ0n) is 21.1. The highest BCUT2D eigenvalue weighted by Gasteiger charge is 2.39. The maximum atomic E-state index is 13.8. The standard InChI is InChI=1S/C24H30F3N3O6S2/c1-3-36-23(31)15-30-22-10-6-9-21(20(22)14-28-30)29(2)38(34,35)19-12-16(24(25,26)27)11-18(13-19)37(32,33)17-7-4-5-8-17/h11-14,17,21H,3-10,15H2,1-2H3. The Labute approximate surface area is 219 Å². The number of carbonyl (C=O) groups is 1. The first-order valence-electron chi connectivity index (χ1n) is 12.4. The molecule has 9 nitrogen and oxygen atoms in total. The average Bonchev–Trinajstić information content (AvgIpc) is 3.54. The Kier molecular flexibility index (Phi) is 7.97. The molecule has 1 saturated carbocycles. The lowest BCUT2D eigenvalue weighted by atomic mass is 9.93. The van der Waals surface area contributed by atoms with Gasteiger partial charge < -0.3 is 4.74 Å². The maximum Gasteiger partial charge on any atom is 0.416 e. The molecule has 2 aliphatic rings. The van der Waals surface area contributed by atoms with Crippen LogP contribution in [0.4, 0.5) is 13.2 Å². The number of hydrogen-bond acceptors (Lipinski definition) is 7. The summed E-state index contributed by atoms with van der Waals surface area (Å²) in [7, 11) is -7.46. The summed E-state index contributed by atoms with van der Waals surface area (Å²) in [5, 5.41) is 3.37. The molecular formula is C24H30F3N3O6S2. The number of esters is 1. The molecule has 1 aromatic heterocycles. The molecule has 4 rings (SSSR count). The number of rotatable bonds is 8. The molecule has 0 N–H and O–H groups in total. The van der Waals surface area contributed by atoms with Crippen LogP contribution in [-0.2, 0) is 48.5 Å². The Morgan fingerprint density at radius 3 is 2.37 bits per heavy atom. The van der Waals surface area contributed by atoms with E-state index in [-0.39, 0.29) is 13.2 Å². The number of sulfone groups is 1. The predicted octanol–water partition coefficient (Wildman–Crippen LogP) is 3.88. The number of ether oxygens (including phenoxy) is 1. The number of carbonyl (C=O) groups excluding carboxylic acids is 1. The van der Waals surface area contributed by atoms with Gasteiger partial charge in [-0.1, -0.05) is 12.8 Å². The molecule has 0 spiro atoms. The second kappa shape index (κ2) is 10.6. The van der Waals surface area contributed by atoms with Crippen LogP contribution in [0.3, 0.4) is 0 Å². The fourth-order valence-corrected chi connectivity index (χ4v) is 8.65. The number of fused-ring (bicyclic) bond motifs is 1. The lowest BCUT2D eigenvalue weighted by Gasteiger charge is -2.31. The minimum atomic E-state index is -4.95. The van der Waals surface area contributed by atoms with E-state index in [1.807, 2.05) is 0 Å². The second-order valence-corrected chi connectivity index (χ2v) is 13.8. The van der Waals surface area contributed by atoms with Gasteiger partial charge in [-0.15, -0.1) is 0 Å². The topological polar surface area (TPSA) is 116 Å². The van der Waals surface area contributed by atoms with E-state index in [4.69, 9.17) is 4.74 Å². The van der Waals surface area contributed by atoms with Gasteiger partial charge in [-0.2, -0.15) is 22.6 Å². The minimum Gasteiger partial charge on any atom is -0.465 e. The number of aromatic nitrogens is 2. The summed E-state index contributed by atoms with van der Waals surface area (Å²) in [6, 6.07) is 1.07. The monoisotopic (exact) mass is 577 g/mol. The average molecular weight is 578 g/mol. The van der Waals surface area contributed by atoms with Gasteiger partial charge in [0.25, 0.3) is 0 Å². The summed E-state index contributed by atoms with van der Waals surface area (Å²) in [5.41, 5.74) is -0.155. The summed E-state index contributed by atoms with van der Waals surface area (Å²) in [5.74, 6) is -0.499. The van der Waals surface area contributed by atoms with E-state index in [0.29, 0.717) is 68.3 Å². The molecule has 0 radical (unpaired) electrons. The molecule has 1 unspecified atom stereocenters. The van der Waals surface area contributed by atoms with Gasteiger partial charge in [-0.3, -0.25) is 9.48 Å². The maximum absolute atomic E-state index is 13.8. The van der Waals surface area contributed by atoms with Crippen molar-refractivity contribution in [3.05, 3.63) is 41.2 Å². The molecule has 0 bridgehead atoms. The molecule has 0 amide bonds. The zero-order valence-corrected chi connectivity index (χ0v) is 22.7. The largest absolute Gasteiger partial charge is 0.465 e. The first-order valence-corrected chi connectivity index (χ1v) is 15.4. The Morgan fingerprint density at radius 1 is 1.08 bits per heavy atom. The minimum absolute atomic E-state index is 0.150. The van der Waals surface area contributed by atoms with Gasteiger partial charge in [-0.25, -0.2) is 16.8 Å². The highest BCUT2D eigenvalue weighted by Crippen LogP contribution is 2.40. The van der Waals surface area contributed by atoms with E-state index >= 15 is 0 Å². The van der Waals surface area contributed by atoms with E-state index in [1.165, 1.54) is 17.9 Å². The second-order valence-electron chi connectivity index (χ2n) is 9.58. The number of benzene rings is 1. The SMILES string of the molecule is CCOC(=O)Cn1ncc2c1CCCC2N(C)S(=O)(=O)c1cc(C(F)(F)F)cc(S(=O)(=O)C2CCCC2)c1. The Bertz CT molecular complexity index is 1410. The molecule has 38 heavy (non-hydrogen) atoms. The third-order valence-electron chi connectivity index (χ3n) is 7.21. The van der Waals surface area contributed by atoms with Gasteiger partial charge in [0.1, 0.15) is 6.54 Å². The predicted molar refractivity (Wildman–Crippen MR) is 130 cm³/mol. The van der Waals surface area contributed by atoms with Crippen LogP contribution in [0.15, 0.2) is 34.2 Å². The van der Waals surface area contributed by atoms with Crippen LogP contribution < -0.4 is 0 Å². The van der Waals surface area contributed by atoms with Crippen molar-refractivity contribution in [1.29, 1.82) is 0 Å². The summed E-state index contributed by atoms with van der Waals surface area (Å²) < 4.78 is 102. The van der Waals surface area contributed by atoms with E-state index < -0.39 is 58.7 Å². The summed E-state index contributed by atoms with van der Waals surface area (Å²) in [4.78, 5) is 10.6. The first kappa shape index (κ1) is 28.6. The van der Waals surface area contributed by atoms with Crippen LogP contribution in [0.1, 0.15) is 68.3 Å². The van der Waals surface area contributed by atoms with Gasteiger partial charge >= 0.3 is 12.1 Å². The van der Waals surface area contributed by atoms with E-state index in [2.05, 4.69) is 5.10 Å². The van der Waals surface area contributed by atoms with Crippen LogP contribution in [0.25, 0.3) is 0 Å². The number of alkyl halides is 3. The highest BCUT2D eigenvalue weighted by atomic mass is 32.2. The van der Waals surface area contributed by atoms with Crippen LogP contribution in [0.5, 0.6) is 0 Å². The number of halogens is 3. The van der Waals surface area contributed by atoms with Crippen LogP contribution in [0, 0.1) is 0 Å². The lowest BCUT2D eigenvalue weighted by Crippen LogP contribution is -2.34. The fraction of sp³-hybridized carbons (Fsp3) is 0.583. The van der Waals surface area contributed by atoms with Crippen molar-refractivity contribution in [3.8, 4) is 0 Å². The van der Waals surface area contributed by atoms with Gasteiger partial charge in [-0.05, 0) is 57.2 Å². The summed E-state index contributed by atoms with van der Waals surface area (Å²) in [6.07, 6.45) is -0.108. The van der Waals surface area contributed by atoms with E-state index in [9.17, 15) is 34.8 Å². The first-order chi connectivity index (χ1) is 17.8. The summed E-state index contributed by atoms with van der Waals surface area (Å²) >= 11 is 0. The normalized spacial score (nSPS) is 19.1. The molecular weight excluding hydrogens is 547 g/mol. The molecule has 0 saturated heterocycles. The number of sulfonamides is 1. The number of hydrogen-bond donors (Lipinski definition) is 0. The molecule has 1 fully saturated rings. The molecule has 210 valence electrons. The van der Waals surface area contributed by atoms with Crippen molar-refractivity contribution in [3.63, 3.8) is 0 Å². The molecule has 1 aromatic carbocycles. The van der Waals surface area contributed by atoms with E-state index in [1.54, 1.807) is 6.92 Å². The molecule has 1 atom stereocenters. The number of nitrogens with zero attached hydrogens (tertiary/aromatic N) is 3. The van der Waals surface area contributed by atoms with Crippen molar-refractivity contribution in [2.45, 2.75) is 85.7 Å². The van der Waals surface area contributed by atoms with Crippen molar-refractivity contribution < 1.29 is 39.5 Å². The zero-order chi connectivity index (χ0) is 27.9. The van der Waals surface area contributed by atoms with Gasteiger partial charge in [0.15, 0.2) is 9.84 Å². The molecule has 14 heteroatoms. The Balaban J connectivity index is 1.73. The highest BCUT2D eigenvalue weighted by molar-refractivity contribution is 7.92. The van der Waals surface area contributed by atoms with Crippen LogP contribution >= 0.6 is 0 Å². The third kappa shape index (κ3) is 5.48. The van der Waals surface area contributed by atoms with Crippen molar-refractivity contribution >= 4 is 25.8 Å². The van der Waals surface area contributed by atoms with Crippen LogP contribution in [0.2, 0.25) is 0 Å². The molecule has 2 aromatic rings. The van der Waals surface area contributed by atoms with Crippen LogP contribution in [-0.4, -0.2) is 55.8 Å². The third-order valence-corrected chi connectivity index (χ3v) is 11.3. The smallest absolute Gasteiger partial charge is 0.416 e. The van der Waals surface area contributed by atoms with Crippen molar-refractivity contribution in [1.82, 2.24) is 14.1 Å². The van der Waals surface area contributed by atoms with Gasteiger partial charge in [0.2, 0.25) is 10.0 Å². The van der Waals surface area contributed by atoms with Gasteiger partial charge in [0.05, 0.1) is 39.4 Å².